The highest BCUT2D eigenvalue weighted by Gasteiger charge is 2.15. The monoisotopic (exact) mass is 453 g/mol. The lowest BCUT2D eigenvalue weighted by atomic mass is 10.2. The predicted octanol–water partition coefficient (Wildman–Crippen LogP) is 4.87. The van der Waals surface area contributed by atoms with Gasteiger partial charge >= 0.3 is 0 Å². The number of amides is 1. The lowest BCUT2D eigenvalue weighted by molar-refractivity contribution is -0.384. The normalized spacial score (nSPS) is 11.0. The van der Waals surface area contributed by atoms with E-state index in [1.54, 1.807) is 18.2 Å². The number of carbonyl (C=O) groups is 1. The molecule has 0 aliphatic rings. The molecule has 2 aromatic carbocycles. The van der Waals surface area contributed by atoms with E-state index in [1.165, 1.54) is 12.1 Å². The number of phenols is 1. The van der Waals surface area contributed by atoms with Crippen molar-refractivity contribution in [3.8, 4) is 23.1 Å². The molecular weight excluding hydrogens is 442 g/mol. The molecule has 0 spiro atoms. The van der Waals surface area contributed by atoms with E-state index >= 15 is 0 Å². The standard InChI is InChI=1S/C20H12BrN3O5/c21-14-3-1-12(2-4-14)19-8-6-16(29-19)9-13(11-22)20(26)23-17-7-5-15(24(27)28)10-18(17)25/h1-10,25H,(H,23,26). The van der Waals surface area contributed by atoms with Gasteiger partial charge in [0, 0.05) is 22.2 Å². The fraction of sp³-hybridized carbons (Fsp3) is 0. The predicted molar refractivity (Wildman–Crippen MR) is 109 cm³/mol. The summed E-state index contributed by atoms with van der Waals surface area (Å²) in [5.41, 5.74) is 0.176. The number of phenolic OH excluding ortho intramolecular Hbond substituents is 1. The summed E-state index contributed by atoms with van der Waals surface area (Å²) in [7, 11) is 0. The molecule has 0 fully saturated rings. The molecule has 3 rings (SSSR count). The van der Waals surface area contributed by atoms with Crippen LogP contribution in [0.5, 0.6) is 5.75 Å². The first-order chi connectivity index (χ1) is 13.9. The molecule has 2 N–H and O–H groups in total. The zero-order chi connectivity index (χ0) is 21.0. The quantitative estimate of drug-likeness (QED) is 0.186. The number of anilines is 1. The number of hydrogen-bond acceptors (Lipinski definition) is 6. The van der Waals surface area contributed by atoms with Crippen molar-refractivity contribution in [2.24, 2.45) is 0 Å². The van der Waals surface area contributed by atoms with E-state index in [1.807, 2.05) is 24.3 Å². The van der Waals surface area contributed by atoms with Crippen molar-refractivity contribution >= 4 is 39.3 Å². The number of nitro benzene ring substituents is 1. The fourth-order valence-corrected chi connectivity index (χ4v) is 2.68. The Morgan fingerprint density at radius 1 is 1.21 bits per heavy atom. The van der Waals surface area contributed by atoms with Crippen molar-refractivity contribution in [2.45, 2.75) is 0 Å². The average molecular weight is 454 g/mol. The third-order valence-electron chi connectivity index (χ3n) is 3.85. The SMILES string of the molecule is N#CC(=Cc1ccc(-c2ccc(Br)cc2)o1)C(=O)Nc1ccc([N+](=O)[O-])cc1O. The van der Waals surface area contributed by atoms with E-state index < -0.39 is 16.6 Å². The molecule has 9 heteroatoms. The number of aromatic hydroxyl groups is 1. The molecule has 1 amide bonds. The first-order valence-electron chi connectivity index (χ1n) is 8.13. The van der Waals surface area contributed by atoms with Crippen LogP contribution in [-0.4, -0.2) is 15.9 Å². The van der Waals surface area contributed by atoms with Crippen LogP contribution >= 0.6 is 15.9 Å². The zero-order valence-corrected chi connectivity index (χ0v) is 16.2. The Bertz CT molecular complexity index is 1160. The lowest BCUT2D eigenvalue weighted by Gasteiger charge is -2.06. The molecule has 144 valence electrons. The fourth-order valence-electron chi connectivity index (χ4n) is 2.42. The second-order valence-electron chi connectivity index (χ2n) is 5.79. The van der Waals surface area contributed by atoms with Gasteiger partial charge in [0.25, 0.3) is 11.6 Å². The van der Waals surface area contributed by atoms with Gasteiger partial charge in [-0.3, -0.25) is 14.9 Å². The molecule has 29 heavy (non-hydrogen) atoms. The van der Waals surface area contributed by atoms with Crippen molar-refractivity contribution in [2.75, 3.05) is 5.32 Å². The number of furan rings is 1. The Balaban J connectivity index is 1.80. The van der Waals surface area contributed by atoms with Gasteiger partial charge in [-0.25, -0.2) is 0 Å². The summed E-state index contributed by atoms with van der Waals surface area (Å²) in [6, 6.07) is 15.7. The summed E-state index contributed by atoms with van der Waals surface area (Å²) >= 11 is 3.35. The van der Waals surface area contributed by atoms with Crippen LogP contribution in [0.3, 0.4) is 0 Å². The van der Waals surface area contributed by atoms with Crippen LogP contribution in [0.2, 0.25) is 0 Å². The van der Waals surface area contributed by atoms with Gasteiger partial charge in [-0.2, -0.15) is 5.26 Å². The molecule has 0 radical (unpaired) electrons. The van der Waals surface area contributed by atoms with Crippen LogP contribution in [0.4, 0.5) is 11.4 Å². The van der Waals surface area contributed by atoms with Crippen LogP contribution in [0.25, 0.3) is 17.4 Å². The third kappa shape index (κ3) is 4.69. The van der Waals surface area contributed by atoms with E-state index in [2.05, 4.69) is 21.2 Å². The molecular formula is C20H12BrN3O5. The Labute approximate surface area is 173 Å². The number of hydrogen-bond donors (Lipinski definition) is 2. The van der Waals surface area contributed by atoms with Gasteiger partial charge in [0.1, 0.15) is 28.9 Å². The molecule has 0 bridgehead atoms. The number of benzene rings is 2. The zero-order valence-electron chi connectivity index (χ0n) is 14.6. The number of nitro groups is 1. The van der Waals surface area contributed by atoms with Crippen molar-refractivity contribution in [3.63, 3.8) is 0 Å². The molecule has 1 heterocycles. The van der Waals surface area contributed by atoms with Crippen molar-refractivity contribution in [1.29, 1.82) is 5.26 Å². The summed E-state index contributed by atoms with van der Waals surface area (Å²) in [4.78, 5) is 22.4. The molecule has 8 nitrogen and oxygen atoms in total. The number of rotatable bonds is 5. The third-order valence-corrected chi connectivity index (χ3v) is 4.38. The maximum Gasteiger partial charge on any atom is 0.273 e. The highest BCUT2D eigenvalue weighted by Crippen LogP contribution is 2.29. The van der Waals surface area contributed by atoms with Gasteiger partial charge < -0.3 is 14.8 Å². The van der Waals surface area contributed by atoms with E-state index in [-0.39, 0.29) is 16.9 Å². The van der Waals surface area contributed by atoms with Crippen molar-refractivity contribution in [1.82, 2.24) is 0 Å². The van der Waals surface area contributed by atoms with E-state index in [9.17, 15) is 25.3 Å². The molecule has 3 aromatic rings. The number of nitrogens with zero attached hydrogens (tertiary/aromatic N) is 2. The van der Waals surface area contributed by atoms with Gasteiger partial charge in [0.2, 0.25) is 0 Å². The van der Waals surface area contributed by atoms with Gasteiger partial charge in [-0.05, 0) is 30.3 Å². The molecule has 0 unspecified atom stereocenters. The van der Waals surface area contributed by atoms with E-state index in [0.29, 0.717) is 11.5 Å². The summed E-state index contributed by atoms with van der Waals surface area (Å²) < 4.78 is 6.58. The minimum Gasteiger partial charge on any atom is -0.506 e. The van der Waals surface area contributed by atoms with Crippen molar-refractivity contribution in [3.05, 3.63) is 80.5 Å². The van der Waals surface area contributed by atoms with Crippen LogP contribution < -0.4 is 5.32 Å². The maximum absolute atomic E-state index is 12.3. The lowest BCUT2D eigenvalue weighted by Crippen LogP contribution is -2.13. The summed E-state index contributed by atoms with van der Waals surface area (Å²) in [5.74, 6) is -0.421. The molecule has 1 aromatic heterocycles. The smallest absolute Gasteiger partial charge is 0.273 e. The van der Waals surface area contributed by atoms with Gasteiger partial charge in [0.15, 0.2) is 0 Å². The minimum absolute atomic E-state index is 0.0586. The highest BCUT2D eigenvalue weighted by molar-refractivity contribution is 9.10. The molecule has 0 saturated heterocycles. The van der Waals surface area contributed by atoms with Crippen molar-refractivity contribution < 1.29 is 19.2 Å². The Hall–Kier alpha value is -3.90. The summed E-state index contributed by atoms with van der Waals surface area (Å²) in [6.45, 7) is 0. The van der Waals surface area contributed by atoms with Crippen LogP contribution in [0, 0.1) is 21.4 Å². The second-order valence-corrected chi connectivity index (χ2v) is 6.71. The molecule has 0 aliphatic heterocycles. The number of halogens is 1. The van der Waals surface area contributed by atoms with E-state index in [4.69, 9.17) is 4.42 Å². The molecule has 0 aliphatic carbocycles. The first kappa shape index (κ1) is 19.9. The summed E-state index contributed by atoms with van der Waals surface area (Å²) in [5, 5.41) is 32.2. The number of carbonyl (C=O) groups excluding carboxylic acids is 1. The van der Waals surface area contributed by atoms with Crippen LogP contribution in [0.15, 0.2) is 69.1 Å². The Morgan fingerprint density at radius 3 is 2.55 bits per heavy atom. The Morgan fingerprint density at radius 2 is 1.93 bits per heavy atom. The minimum atomic E-state index is -0.793. The van der Waals surface area contributed by atoms with E-state index in [0.717, 1.165) is 22.2 Å². The highest BCUT2D eigenvalue weighted by atomic mass is 79.9. The summed E-state index contributed by atoms with van der Waals surface area (Å²) in [6.07, 6.45) is 1.26. The average Bonchev–Trinajstić information content (AvgIpc) is 3.16. The topological polar surface area (TPSA) is 129 Å². The molecule has 0 saturated carbocycles. The maximum atomic E-state index is 12.3. The van der Waals surface area contributed by atoms with Gasteiger partial charge in [0.05, 0.1) is 16.7 Å². The number of non-ortho nitro benzene ring substituents is 1. The number of nitrogens with one attached hydrogen (secondary N) is 1. The van der Waals surface area contributed by atoms with Crippen LogP contribution in [-0.2, 0) is 4.79 Å². The van der Waals surface area contributed by atoms with Gasteiger partial charge in [-0.1, -0.05) is 28.1 Å². The van der Waals surface area contributed by atoms with Crippen LogP contribution in [0.1, 0.15) is 5.76 Å². The largest absolute Gasteiger partial charge is 0.506 e. The first-order valence-corrected chi connectivity index (χ1v) is 8.93. The number of nitriles is 1. The Kier molecular flexibility index (Phi) is 5.76. The second kappa shape index (κ2) is 8.41. The van der Waals surface area contributed by atoms with Gasteiger partial charge in [-0.15, -0.1) is 0 Å². The molecule has 0 atom stereocenters.